The van der Waals surface area contributed by atoms with E-state index in [9.17, 15) is 25.0 Å². The molecule has 0 saturated carbocycles. The standard InChI is InChI=1S/C21H23N3O5/c1-2-3-13-22-19(16-9-11-17(12-10-16)23(26)27)20(24(28)29)18(21(22)25)14-15-7-5-4-6-8-15/h4-12,18-20H,2-3,13-14H2,1H3/t18-,19+,20-/m1/s1. The van der Waals surface area contributed by atoms with Crippen molar-refractivity contribution in [3.05, 3.63) is 86.0 Å². The van der Waals surface area contributed by atoms with Crippen LogP contribution in [0.15, 0.2) is 54.6 Å². The first-order chi connectivity index (χ1) is 13.9. The molecule has 0 N–H and O–H groups in total. The van der Waals surface area contributed by atoms with Gasteiger partial charge in [0.25, 0.3) is 5.69 Å². The first kappa shape index (κ1) is 20.4. The molecule has 1 aliphatic rings. The Balaban J connectivity index is 2.00. The van der Waals surface area contributed by atoms with Crippen LogP contribution in [0.3, 0.4) is 0 Å². The maximum atomic E-state index is 13.2. The van der Waals surface area contributed by atoms with E-state index in [2.05, 4.69) is 0 Å². The molecule has 8 nitrogen and oxygen atoms in total. The summed E-state index contributed by atoms with van der Waals surface area (Å²) >= 11 is 0. The van der Waals surface area contributed by atoms with E-state index in [1.165, 1.54) is 24.3 Å². The number of hydrogen-bond donors (Lipinski definition) is 0. The summed E-state index contributed by atoms with van der Waals surface area (Å²) in [6.45, 7) is 2.42. The number of nitro groups is 2. The topological polar surface area (TPSA) is 107 Å². The normalized spacial score (nSPS) is 21.3. The van der Waals surface area contributed by atoms with Gasteiger partial charge < -0.3 is 4.90 Å². The van der Waals surface area contributed by atoms with Crippen LogP contribution in [-0.2, 0) is 11.2 Å². The number of benzene rings is 2. The summed E-state index contributed by atoms with van der Waals surface area (Å²) in [5.74, 6) is -1.00. The van der Waals surface area contributed by atoms with Gasteiger partial charge in [0.1, 0.15) is 12.0 Å². The van der Waals surface area contributed by atoms with Gasteiger partial charge in [-0.2, -0.15) is 0 Å². The van der Waals surface area contributed by atoms with E-state index in [0.717, 1.165) is 18.4 Å². The number of hydrogen-bond acceptors (Lipinski definition) is 5. The quantitative estimate of drug-likeness (QED) is 0.498. The zero-order chi connectivity index (χ0) is 21.0. The Morgan fingerprint density at radius 2 is 1.66 bits per heavy atom. The largest absolute Gasteiger partial charge is 0.328 e. The lowest BCUT2D eigenvalue weighted by atomic mass is 9.89. The average Bonchev–Trinajstić information content (AvgIpc) is 2.99. The Morgan fingerprint density at radius 1 is 1.00 bits per heavy atom. The summed E-state index contributed by atoms with van der Waals surface area (Å²) in [5.41, 5.74) is 1.34. The maximum absolute atomic E-state index is 13.2. The van der Waals surface area contributed by atoms with Crippen LogP contribution in [0.2, 0.25) is 0 Å². The van der Waals surface area contributed by atoms with Crippen LogP contribution >= 0.6 is 0 Å². The number of nitrogens with zero attached hydrogens (tertiary/aromatic N) is 3. The highest BCUT2D eigenvalue weighted by molar-refractivity contribution is 5.83. The number of amides is 1. The van der Waals surface area contributed by atoms with Crippen LogP contribution in [0, 0.1) is 26.1 Å². The number of carbonyl (C=O) groups is 1. The van der Waals surface area contributed by atoms with Crippen molar-refractivity contribution in [2.24, 2.45) is 5.92 Å². The fourth-order valence-corrected chi connectivity index (χ4v) is 3.99. The first-order valence-electron chi connectivity index (χ1n) is 9.66. The molecule has 1 amide bonds. The van der Waals surface area contributed by atoms with Crippen LogP contribution in [0.4, 0.5) is 5.69 Å². The Kier molecular flexibility index (Phi) is 6.21. The summed E-state index contributed by atoms with van der Waals surface area (Å²) in [7, 11) is 0. The molecule has 1 fully saturated rings. The molecule has 1 saturated heterocycles. The van der Waals surface area contributed by atoms with Gasteiger partial charge in [-0.3, -0.25) is 25.0 Å². The van der Waals surface area contributed by atoms with E-state index >= 15 is 0 Å². The fraction of sp³-hybridized carbons (Fsp3) is 0.381. The van der Waals surface area contributed by atoms with E-state index in [1.54, 1.807) is 4.90 Å². The minimum Gasteiger partial charge on any atom is -0.328 e. The van der Waals surface area contributed by atoms with Gasteiger partial charge >= 0.3 is 0 Å². The highest BCUT2D eigenvalue weighted by Crippen LogP contribution is 2.40. The summed E-state index contributed by atoms with van der Waals surface area (Å²) in [6, 6.07) is 13.1. The molecule has 3 rings (SSSR count). The van der Waals surface area contributed by atoms with Crippen molar-refractivity contribution >= 4 is 11.6 Å². The molecule has 1 heterocycles. The van der Waals surface area contributed by atoms with Gasteiger partial charge in [0.2, 0.25) is 11.9 Å². The maximum Gasteiger partial charge on any atom is 0.269 e. The summed E-state index contributed by atoms with van der Waals surface area (Å²) < 4.78 is 0. The Labute approximate surface area is 168 Å². The molecule has 0 radical (unpaired) electrons. The second-order valence-corrected chi connectivity index (χ2v) is 7.25. The molecule has 0 bridgehead atoms. The highest BCUT2D eigenvalue weighted by Gasteiger charge is 2.55. The van der Waals surface area contributed by atoms with Crippen LogP contribution < -0.4 is 0 Å². The molecular formula is C21H23N3O5. The van der Waals surface area contributed by atoms with Crippen LogP contribution in [-0.4, -0.2) is 33.2 Å². The number of non-ortho nitro benzene ring substituents is 1. The molecule has 8 heteroatoms. The lowest BCUT2D eigenvalue weighted by Gasteiger charge is -2.25. The first-order valence-corrected chi connectivity index (χ1v) is 9.66. The van der Waals surface area contributed by atoms with E-state index in [-0.39, 0.29) is 22.9 Å². The lowest BCUT2D eigenvalue weighted by molar-refractivity contribution is -0.532. The lowest BCUT2D eigenvalue weighted by Crippen LogP contribution is -2.34. The summed E-state index contributed by atoms with van der Waals surface area (Å²) in [4.78, 5) is 36.9. The number of nitro benzene ring substituents is 1. The van der Waals surface area contributed by atoms with Gasteiger partial charge in [0.05, 0.1) is 4.92 Å². The molecule has 0 aliphatic carbocycles. The van der Waals surface area contributed by atoms with Gasteiger partial charge in [-0.05, 0) is 36.1 Å². The third kappa shape index (κ3) is 4.26. The number of carbonyl (C=O) groups excluding carboxylic acids is 1. The van der Waals surface area contributed by atoms with Crippen molar-refractivity contribution < 1.29 is 14.6 Å². The van der Waals surface area contributed by atoms with E-state index < -0.39 is 22.9 Å². The van der Waals surface area contributed by atoms with Crippen molar-refractivity contribution in [2.45, 2.75) is 38.3 Å². The third-order valence-electron chi connectivity index (χ3n) is 5.41. The summed E-state index contributed by atoms with van der Waals surface area (Å²) in [6.07, 6.45) is 1.87. The summed E-state index contributed by atoms with van der Waals surface area (Å²) in [5, 5.41) is 23.0. The second-order valence-electron chi connectivity index (χ2n) is 7.25. The van der Waals surface area contributed by atoms with Crippen LogP contribution in [0.1, 0.15) is 36.9 Å². The zero-order valence-corrected chi connectivity index (χ0v) is 16.1. The molecule has 1 aliphatic heterocycles. The van der Waals surface area contributed by atoms with Crippen molar-refractivity contribution in [1.82, 2.24) is 4.90 Å². The van der Waals surface area contributed by atoms with Crippen molar-refractivity contribution in [3.8, 4) is 0 Å². The second kappa shape index (κ2) is 8.81. The molecule has 2 aromatic carbocycles. The Hall–Kier alpha value is -3.29. The van der Waals surface area contributed by atoms with Crippen LogP contribution in [0.5, 0.6) is 0 Å². The van der Waals surface area contributed by atoms with Crippen molar-refractivity contribution in [3.63, 3.8) is 0 Å². The van der Waals surface area contributed by atoms with Crippen LogP contribution in [0.25, 0.3) is 0 Å². The Bertz CT molecular complexity index is 885. The average molecular weight is 397 g/mol. The molecule has 0 spiro atoms. The van der Waals surface area contributed by atoms with Crippen molar-refractivity contribution in [2.75, 3.05) is 6.54 Å². The van der Waals surface area contributed by atoms with E-state index in [1.807, 2.05) is 37.3 Å². The van der Waals surface area contributed by atoms with Gasteiger partial charge in [-0.1, -0.05) is 43.7 Å². The zero-order valence-electron chi connectivity index (χ0n) is 16.1. The monoisotopic (exact) mass is 397 g/mol. The van der Waals surface area contributed by atoms with E-state index in [4.69, 9.17) is 0 Å². The predicted molar refractivity (Wildman–Crippen MR) is 107 cm³/mol. The molecule has 3 atom stereocenters. The van der Waals surface area contributed by atoms with Gasteiger partial charge in [0, 0.05) is 23.6 Å². The number of likely N-dealkylation sites (tertiary alicyclic amines) is 1. The van der Waals surface area contributed by atoms with Gasteiger partial charge in [0.15, 0.2) is 0 Å². The van der Waals surface area contributed by atoms with Gasteiger partial charge in [-0.25, -0.2) is 0 Å². The predicted octanol–water partition coefficient (Wildman–Crippen LogP) is 3.78. The highest BCUT2D eigenvalue weighted by atomic mass is 16.6. The molecule has 152 valence electrons. The molecule has 29 heavy (non-hydrogen) atoms. The SMILES string of the molecule is CCCCN1C(=O)[C@H](Cc2ccccc2)[C@@H]([N+](=O)[O-])[C@@H]1c1ccc([N+](=O)[O-])cc1. The van der Waals surface area contributed by atoms with Gasteiger partial charge in [-0.15, -0.1) is 0 Å². The smallest absolute Gasteiger partial charge is 0.269 e. The fourth-order valence-electron chi connectivity index (χ4n) is 3.99. The molecule has 0 aromatic heterocycles. The third-order valence-corrected chi connectivity index (χ3v) is 5.41. The minimum absolute atomic E-state index is 0.0864. The minimum atomic E-state index is -1.11. The molecule has 0 unspecified atom stereocenters. The number of rotatable bonds is 8. The Morgan fingerprint density at radius 3 is 2.21 bits per heavy atom. The van der Waals surface area contributed by atoms with Crippen molar-refractivity contribution in [1.29, 1.82) is 0 Å². The molecule has 2 aromatic rings. The number of unbranched alkanes of at least 4 members (excludes halogenated alkanes) is 1. The molecular weight excluding hydrogens is 374 g/mol. The van der Waals surface area contributed by atoms with E-state index in [0.29, 0.717) is 12.1 Å².